The molecule has 0 saturated carbocycles. The lowest BCUT2D eigenvalue weighted by molar-refractivity contribution is 0.155. The molecule has 0 spiro atoms. The number of nitrogens with two attached hydrogens (primary N) is 1. The molecule has 0 bridgehead atoms. The molecule has 26 heavy (non-hydrogen) atoms. The van der Waals surface area contributed by atoms with Gasteiger partial charge < -0.3 is 10.5 Å². The highest BCUT2D eigenvalue weighted by molar-refractivity contribution is 7.99. The largest absolute Gasteiger partial charge is 0.450 e. The lowest BCUT2D eigenvalue weighted by atomic mass is 10.1. The molecule has 2 aromatic rings. The van der Waals surface area contributed by atoms with Crippen molar-refractivity contribution in [2.45, 2.75) is 49.3 Å². The molecule has 0 fully saturated rings. The molecule has 142 valence electrons. The zero-order chi connectivity index (χ0) is 19.3. The SMILES string of the molecule is CC(C)c1nc(CCCOC(N)=O)n(CF)c1Sc1cc(Cl)cc(Cl)c1. The minimum Gasteiger partial charge on any atom is -0.450 e. The summed E-state index contributed by atoms with van der Waals surface area (Å²) in [5, 5.41) is 1.74. The second kappa shape index (κ2) is 9.48. The van der Waals surface area contributed by atoms with Crippen LogP contribution in [0.1, 0.15) is 37.7 Å². The Hall–Kier alpha value is -1.44. The monoisotopic (exact) mass is 419 g/mol. The summed E-state index contributed by atoms with van der Waals surface area (Å²) in [6.45, 7) is 3.46. The number of ether oxygens (including phenoxy) is 1. The average molecular weight is 420 g/mol. The Morgan fingerprint density at radius 3 is 2.54 bits per heavy atom. The Morgan fingerprint density at radius 2 is 2.00 bits per heavy atom. The van der Waals surface area contributed by atoms with Gasteiger partial charge in [-0.3, -0.25) is 4.57 Å². The van der Waals surface area contributed by atoms with Crippen molar-refractivity contribution < 1.29 is 13.9 Å². The number of benzene rings is 1. The van der Waals surface area contributed by atoms with E-state index in [2.05, 4.69) is 4.98 Å². The highest BCUT2D eigenvalue weighted by atomic mass is 35.5. The van der Waals surface area contributed by atoms with Gasteiger partial charge in [0.1, 0.15) is 10.9 Å². The molecule has 9 heteroatoms. The van der Waals surface area contributed by atoms with E-state index in [-0.39, 0.29) is 12.5 Å². The first-order valence-electron chi connectivity index (χ1n) is 8.03. The zero-order valence-corrected chi connectivity index (χ0v) is 16.8. The number of imidazole rings is 1. The van der Waals surface area contributed by atoms with Gasteiger partial charge in [-0.25, -0.2) is 14.2 Å². The first-order chi connectivity index (χ1) is 12.3. The number of primary amides is 1. The van der Waals surface area contributed by atoms with E-state index in [0.717, 1.165) is 10.6 Å². The molecule has 0 radical (unpaired) electrons. The number of amides is 1. The topological polar surface area (TPSA) is 70.1 Å². The maximum Gasteiger partial charge on any atom is 0.404 e. The second-order valence-corrected chi connectivity index (χ2v) is 7.83. The van der Waals surface area contributed by atoms with Crippen LogP contribution in [0.15, 0.2) is 28.1 Å². The number of rotatable bonds is 8. The van der Waals surface area contributed by atoms with Gasteiger partial charge in [-0.2, -0.15) is 0 Å². The smallest absolute Gasteiger partial charge is 0.404 e. The van der Waals surface area contributed by atoms with Crippen molar-refractivity contribution in [3.05, 3.63) is 39.8 Å². The van der Waals surface area contributed by atoms with E-state index in [1.807, 2.05) is 13.8 Å². The molecular formula is C17H20Cl2FN3O2S. The number of carbonyl (C=O) groups excluding carboxylic acids is 1. The molecule has 2 N–H and O–H groups in total. The van der Waals surface area contributed by atoms with E-state index < -0.39 is 12.9 Å². The number of nitrogens with zero attached hydrogens (tertiary/aromatic N) is 2. The molecule has 0 aliphatic heterocycles. The lowest BCUT2D eigenvalue weighted by Gasteiger charge is -2.10. The Morgan fingerprint density at radius 1 is 1.35 bits per heavy atom. The van der Waals surface area contributed by atoms with Crippen molar-refractivity contribution in [2.75, 3.05) is 6.61 Å². The molecule has 1 amide bonds. The van der Waals surface area contributed by atoms with E-state index in [9.17, 15) is 9.18 Å². The number of halogens is 3. The molecule has 5 nitrogen and oxygen atoms in total. The summed E-state index contributed by atoms with van der Waals surface area (Å²) in [5.74, 6) is 0.709. The predicted molar refractivity (Wildman–Crippen MR) is 102 cm³/mol. The van der Waals surface area contributed by atoms with Crippen LogP contribution in [-0.4, -0.2) is 22.3 Å². The Kier molecular flexibility index (Phi) is 7.61. The molecule has 1 aromatic carbocycles. The third-order valence-electron chi connectivity index (χ3n) is 3.53. The van der Waals surface area contributed by atoms with Gasteiger partial charge in [-0.05, 0) is 30.5 Å². The first-order valence-corrected chi connectivity index (χ1v) is 9.60. The summed E-state index contributed by atoms with van der Waals surface area (Å²) in [6.07, 6.45) is 0.147. The van der Waals surface area contributed by atoms with Crippen LogP contribution in [-0.2, 0) is 18.0 Å². The van der Waals surface area contributed by atoms with Crippen LogP contribution in [0.5, 0.6) is 0 Å². The summed E-state index contributed by atoms with van der Waals surface area (Å²) in [7, 11) is 0. The van der Waals surface area contributed by atoms with Crippen LogP contribution in [0, 0.1) is 0 Å². The fraction of sp³-hybridized carbons (Fsp3) is 0.412. The van der Waals surface area contributed by atoms with Gasteiger partial charge in [0.2, 0.25) is 0 Å². The molecule has 0 aliphatic carbocycles. The van der Waals surface area contributed by atoms with E-state index in [0.29, 0.717) is 33.7 Å². The molecule has 0 unspecified atom stereocenters. The number of aromatic nitrogens is 2. The zero-order valence-electron chi connectivity index (χ0n) is 14.5. The van der Waals surface area contributed by atoms with Crippen molar-refractivity contribution in [3.63, 3.8) is 0 Å². The number of alkyl halides is 1. The molecule has 0 saturated heterocycles. The van der Waals surface area contributed by atoms with Gasteiger partial charge in [0.15, 0.2) is 6.80 Å². The number of aryl methyl sites for hydroxylation is 1. The van der Waals surface area contributed by atoms with E-state index in [1.165, 1.54) is 16.3 Å². The fourth-order valence-electron chi connectivity index (χ4n) is 2.40. The number of hydrogen-bond acceptors (Lipinski definition) is 4. The first kappa shape index (κ1) is 20.9. The Bertz CT molecular complexity index is 763. The third kappa shape index (κ3) is 5.53. The van der Waals surface area contributed by atoms with E-state index in [1.54, 1.807) is 18.2 Å². The maximum absolute atomic E-state index is 13.8. The molecule has 1 heterocycles. The van der Waals surface area contributed by atoms with Crippen molar-refractivity contribution in [1.82, 2.24) is 9.55 Å². The molecule has 2 rings (SSSR count). The van der Waals surface area contributed by atoms with Crippen LogP contribution in [0.4, 0.5) is 9.18 Å². The number of hydrogen-bond donors (Lipinski definition) is 1. The van der Waals surface area contributed by atoms with Crippen molar-refractivity contribution in [3.8, 4) is 0 Å². The number of carbonyl (C=O) groups is 1. The molecule has 0 atom stereocenters. The summed E-state index contributed by atoms with van der Waals surface area (Å²) >= 11 is 13.5. The maximum atomic E-state index is 13.8. The van der Waals surface area contributed by atoms with Gasteiger partial charge in [0.25, 0.3) is 0 Å². The van der Waals surface area contributed by atoms with Crippen molar-refractivity contribution >= 4 is 41.1 Å². The van der Waals surface area contributed by atoms with Crippen LogP contribution in [0.2, 0.25) is 10.0 Å². The van der Waals surface area contributed by atoms with E-state index in [4.69, 9.17) is 33.7 Å². The highest BCUT2D eigenvalue weighted by Gasteiger charge is 2.20. The summed E-state index contributed by atoms with van der Waals surface area (Å²) < 4.78 is 20.0. The highest BCUT2D eigenvalue weighted by Crippen LogP contribution is 2.37. The van der Waals surface area contributed by atoms with Crippen LogP contribution in [0.3, 0.4) is 0 Å². The normalized spacial score (nSPS) is 11.2. The van der Waals surface area contributed by atoms with E-state index >= 15 is 0 Å². The Balaban J connectivity index is 2.29. The fourth-order valence-corrected chi connectivity index (χ4v) is 4.30. The Labute approximate surface area is 166 Å². The van der Waals surface area contributed by atoms with Gasteiger partial charge >= 0.3 is 6.09 Å². The quantitative estimate of drug-likeness (QED) is 0.579. The second-order valence-electron chi connectivity index (χ2n) is 5.90. The third-order valence-corrected chi connectivity index (χ3v) is 5.06. The summed E-state index contributed by atoms with van der Waals surface area (Å²) in [4.78, 5) is 16.0. The van der Waals surface area contributed by atoms with Gasteiger partial charge in [-0.1, -0.05) is 48.8 Å². The minimum absolute atomic E-state index is 0.112. The average Bonchev–Trinajstić information content (AvgIpc) is 2.88. The summed E-state index contributed by atoms with van der Waals surface area (Å²) in [6, 6.07) is 5.20. The van der Waals surface area contributed by atoms with Crippen LogP contribution in [0.25, 0.3) is 0 Å². The van der Waals surface area contributed by atoms with Crippen molar-refractivity contribution in [1.29, 1.82) is 0 Å². The molecular weight excluding hydrogens is 400 g/mol. The summed E-state index contributed by atoms with van der Waals surface area (Å²) in [5.41, 5.74) is 5.74. The molecule has 1 aromatic heterocycles. The van der Waals surface area contributed by atoms with Crippen LogP contribution >= 0.6 is 35.0 Å². The van der Waals surface area contributed by atoms with Gasteiger partial charge in [0.05, 0.1) is 12.3 Å². The van der Waals surface area contributed by atoms with Crippen LogP contribution < -0.4 is 5.73 Å². The predicted octanol–water partition coefficient (Wildman–Crippen LogP) is 5.42. The van der Waals surface area contributed by atoms with Gasteiger partial charge in [0, 0.05) is 21.4 Å². The minimum atomic E-state index is -0.823. The van der Waals surface area contributed by atoms with Crippen molar-refractivity contribution in [2.24, 2.45) is 5.73 Å². The lowest BCUT2D eigenvalue weighted by Crippen LogP contribution is -2.14. The standard InChI is InChI=1S/C17H20Cl2FN3O2S/c1-10(2)15-16(26-13-7-11(18)6-12(19)8-13)23(9-20)14(22-15)4-3-5-25-17(21)24/h6-8,10H,3-5,9H2,1-2H3,(H2,21,24). The molecule has 0 aliphatic rings. The van der Waals surface area contributed by atoms with Gasteiger partial charge in [-0.15, -0.1) is 0 Å².